The second-order valence-electron chi connectivity index (χ2n) is 2.49. The van der Waals surface area contributed by atoms with Crippen LogP contribution >= 0.6 is 12.2 Å². The van der Waals surface area contributed by atoms with Crippen LogP contribution in [0.2, 0.25) is 0 Å². The van der Waals surface area contributed by atoms with E-state index in [0.29, 0.717) is 11.6 Å². The van der Waals surface area contributed by atoms with Gasteiger partial charge in [-0.25, -0.2) is 0 Å². The molecular formula is C8H8N2OS. The van der Waals surface area contributed by atoms with Crippen LogP contribution in [0, 0.1) is 0 Å². The quantitative estimate of drug-likeness (QED) is 0.658. The molecule has 1 aliphatic heterocycles. The van der Waals surface area contributed by atoms with Crippen molar-refractivity contribution in [3.8, 4) is 0 Å². The molecule has 1 aromatic rings. The summed E-state index contributed by atoms with van der Waals surface area (Å²) < 4.78 is 0. The van der Waals surface area contributed by atoms with E-state index in [4.69, 9.17) is 17.1 Å². The molecule has 0 amide bonds. The summed E-state index contributed by atoms with van der Waals surface area (Å²) in [5.41, 5.74) is 3.77. The van der Waals surface area contributed by atoms with Crippen LogP contribution in [-0.2, 0) is 4.84 Å². The maximum absolute atomic E-state index is 4.93. The molecule has 0 spiro atoms. The molecule has 1 aromatic carbocycles. The largest absolute Gasteiger partial charge is 0.380 e. The van der Waals surface area contributed by atoms with E-state index in [1.807, 2.05) is 35.3 Å². The third kappa shape index (κ3) is 1.39. The molecule has 0 aliphatic carbocycles. The van der Waals surface area contributed by atoms with Crippen LogP contribution in [-0.4, -0.2) is 11.6 Å². The SMILES string of the molecule is S=C1CN(c2ccccc2)NO1. The lowest BCUT2D eigenvalue weighted by Crippen LogP contribution is -2.29. The number of nitrogens with one attached hydrogen (secondary N) is 1. The van der Waals surface area contributed by atoms with Crippen molar-refractivity contribution in [1.29, 1.82) is 0 Å². The van der Waals surface area contributed by atoms with Crippen molar-refractivity contribution in [1.82, 2.24) is 5.59 Å². The van der Waals surface area contributed by atoms with E-state index in [-0.39, 0.29) is 0 Å². The molecule has 1 N–H and O–H groups in total. The summed E-state index contributed by atoms with van der Waals surface area (Å²) in [5.74, 6) is 0. The Morgan fingerprint density at radius 3 is 2.67 bits per heavy atom. The van der Waals surface area contributed by atoms with Gasteiger partial charge in [-0.3, -0.25) is 5.01 Å². The topological polar surface area (TPSA) is 24.5 Å². The van der Waals surface area contributed by atoms with E-state index >= 15 is 0 Å². The Hall–Kier alpha value is -1.13. The molecule has 0 radical (unpaired) electrons. The molecule has 0 aromatic heterocycles. The standard InChI is InChI=1S/C8H8N2OS/c12-8-6-10(9-11-8)7-4-2-1-3-5-7/h1-5,9H,6H2. The van der Waals surface area contributed by atoms with Crippen LogP contribution in [0.4, 0.5) is 5.69 Å². The molecule has 4 heteroatoms. The molecule has 12 heavy (non-hydrogen) atoms. The lowest BCUT2D eigenvalue weighted by molar-refractivity contribution is 0.215. The second kappa shape index (κ2) is 3.08. The van der Waals surface area contributed by atoms with Crippen molar-refractivity contribution in [3.63, 3.8) is 0 Å². The number of thiocarbonyl (C=S) groups is 1. The fraction of sp³-hybridized carbons (Fsp3) is 0.125. The van der Waals surface area contributed by atoms with E-state index in [9.17, 15) is 0 Å². The van der Waals surface area contributed by atoms with Crippen LogP contribution in [0.25, 0.3) is 0 Å². The fourth-order valence-electron chi connectivity index (χ4n) is 1.05. The van der Waals surface area contributed by atoms with E-state index in [0.717, 1.165) is 5.69 Å². The number of nitrogens with zero attached hydrogens (tertiary/aromatic N) is 1. The highest BCUT2D eigenvalue weighted by molar-refractivity contribution is 7.80. The highest BCUT2D eigenvalue weighted by atomic mass is 32.1. The monoisotopic (exact) mass is 180 g/mol. The van der Waals surface area contributed by atoms with Crippen molar-refractivity contribution >= 4 is 23.0 Å². The van der Waals surface area contributed by atoms with Gasteiger partial charge in [0.1, 0.15) is 6.54 Å². The van der Waals surface area contributed by atoms with Gasteiger partial charge in [-0.2, -0.15) is 0 Å². The minimum atomic E-state index is 0.568. The molecule has 1 heterocycles. The zero-order chi connectivity index (χ0) is 8.39. The third-order valence-corrected chi connectivity index (χ3v) is 1.84. The van der Waals surface area contributed by atoms with Gasteiger partial charge in [-0.1, -0.05) is 23.8 Å². The first-order valence-electron chi connectivity index (χ1n) is 3.64. The second-order valence-corrected chi connectivity index (χ2v) is 2.94. The lowest BCUT2D eigenvalue weighted by atomic mass is 10.3. The molecule has 2 rings (SSSR count). The third-order valence-electron chi connectivity index (χ3n) is 1.62. The van der Waals surface area contributed by atoms with E-state index < -0.39 is 0 Å². The van der Waals surface area contributed by atoms with Crippen LogP contribution in [0.15, 0.2) is 30.3 Å². The van der Waals surface area contributed by atoms with Crippen molar-refractivity contribution < 1.29 is 4.84 Å². The maximum Gasteiger partial charge on any atom is 0.210 e. The first kappa shape index (κ1) is 7.52. The van der Waals surface area contributed by atoms with Gasteiger partial charge >= 0.3 is 0 Å². The van der Waals surface area contributed by atoms with Crippen LogP contribution < -0.4 is 10.6 Å². The van der Waals surface area contributed by atoms with Crippen molar-refractivity contribution in [2.24, 2.45) is 0 Å². The van der Waals surface area contributed by atoms with E-state index in [2.05, 4.69) is 5.59 Å². The fourth-order valence-corrected chi connectivity index (χ4v) is 1.22. The van der Waals surface area contributed by atoms with Crippen molar-refractivity contribution in [3.05, 3.63) is 30.3 Å². The predicted molar refractivity (Wildman–Crippen MR) is 50.6 cm³/mol. The van der Waals surface area contributed by atoms with Crippen LogP contribution in [0.1, 0.15) is 0 Å². The number of hydrogen-bond acceptors (Lipinski definition) is 4. The summed E-state index contributed by atoms with van der Waals surface area (Å²) in [6, 6.07) is 9.89. The summed E-state index contributed by atoms with van der Waals surface area (Å²) in [6.45, 7) is 0.624. The highest BCUT2D eigenvalue weighted by Crippen LogP contribution is 2.13. The maximum atomic E-state index is 4.93. The Balaban J connectivity index is 2.16. The highest BCUT2D eigenvalue weighted by Gasteiger charge is 2.16. The average molecular weight is 180 g/mol. The minimum Gasteiger partial charge on any atom is -0.380 e. The summed E-state index contributed by atoms with van der Waals surface area (Å²) >= 11 is 4.87. The number of para-hydroxylation sites is 1. The van der Waals surface area contributed by atoms with Gasteiger partial charge in [-0.05, 0) is 24.4 Å². The molecule has 3 nitrogen and oxygen atoms in total. The Bertz CT molecular complexity index is 288. The first-order valence-corrected chi connectivity index (χ1v) is 4.05. The number of hydrogen-bond donors (Lipinski definition) is 1. The molecule has 0 unspecified atom stereocenters. The van der Waals surface area contributed by atoms with Gasteiger partial charge in [0.15, 0.2) is 0 Å². The number of benzene rings is 1. The first-order chi connectivity index (χ1) is 5.86. The summed E-state index contributed by atoms with van der Waals surface area (Å²) in [6.07, 6.45) is 0. The van der Waals surface area contributed by atoms with Crippen LogP contribution in [0.5, 0.6) is 0 Å². The molecule has 1 aliphatic rings. The predicted octanol–water partition coefficient (Wildman–Crippen LogP) is 1.27. The van der Waals surface area contributed by atoms with Gasteiger partial charge in [-0.15, -0.1) is 0 Å². The van der Waals surface area contributed by atoms with Gasteiger partial charge in [0, 0.05) is 0 Å². The normalized spacial score (nSPS) is 16.3. The molecule has 0 saturated carbocycles. The van der Waals surface area contributed by atoms with Gasteiger partial charge in [0.05, 0.1) is 5.69 Å². The van der Waals surface area contributed by atoms with Gasteiger partial charge < -0.3 is 4.84 Å². The number of rotatable bonds is 1. The van der Waals surface area contributed by atoms with Crippen molar-refractivity contribution in [2.45, 2.75) is 0 Å². The summed E-state index contributed by atoms with van der Waals surface area (Å²) in [7, 11) is 0. The smallest absolute Gasteiger partial charge is 0.210 e. The summed E-state index contributed by atoms with van der Waals surface area (Å²) in [4.78, 5) is 4.93. The van der Waals surface area contributed by atoms with Crippen molar-refractivity contribution in [2.75, 3.05) is 11.6 Å². The van der Waals surface area contributed by atoms with Gasteiger partial charge in [0.25, 0.3) is 0 Å². The Labute approximate surface area is 75.9 Å². The van der Waals surface area contributed by atoms with Crippen LogP contribution in [0.3, 0.4) is 0 Å². The Morgan fingerprint density at radius 2 is 2.08 bits per heavy atom. The summed E-state index contributed by atoms with van der Waals surface area (Å²) in [5, 5.41) is 2.42. The molecule has 0 bridgehead atoms. The van der Waals surface area contributed by atoms with Gasteiger partial charge in [0.2, 0.25) is 5.05 Å². The Kier molecular flexibility index (Phi) is 1.93. The lowest BCUT2D eigenvalue weighted by Gasteiger charge is -2.13. The zero-order valence-electron chi connectivity index (χ0n) is 6.36. The molecule has 62 valence electrons. The number of hydrazine groups is 1. The minimum absolute atomic E-state index is 0.568. The molecule has 0 atom stereocenters. The average Bonchev–Trinajstić information content (AvgIpc) is 2.54. The molecule has 1 saturated heterocycles. The molecular weight excluding hydrogens is 172 g/mol. The van der Waals surface area contributed by atoms with E-state index in [1.165, 1.54) is 0 Å². The Morgan fingerprint density at radius 1 is 1.33 bits per heavy atom. The van der Waals surface area contributed by atoms with E-state index in [1.54, 1.807) is 0 Å². The molecule has 1 fully saturated rings. The zero-order valence-corrected chi connectivity index (χ0v) is 7.17. The number of anilines is 1.